The Labute approximate surface area is 154 Å². The number of rotatable bonds is 2. The Bertz CT molecular complexity index is 978. The van der Waals surface area contributed by atoms with Crippen LogP contribution in [0.2, 0.25) is 0 Å². The Balaban J connectivity index is 1.77. The molecule has 0 amide bonds. The SMILES string of the molecule is C(#Cc1ccccc1-c1ccccc1)c1ccccc1-c1ccccc1. The van der Waals surface area contributed by atoms with Gasteiger partial charge in [-0.15, -0.1) is 0 Å². The molecule has 0 atom stereocenters. The number of hydrogen-bond acceptors (Lipinski definition) is 0. The van der Waals surface area contributed by atoms with E-state index in [1.54, 1.807) is 0 Å². The standard InChI is InChI=1S/C26H18/c1-3-11-21(12-4-1)25-17-9-7-15-23(25)19-20-24-16-8-10-18-26(24)22-13-5-2-6-14-22/h1-18H. The monoisotopic (exact) mass is 330 g/mol. The van der Waals surface area contributed by atoms with Crippen molar-refractivity contribution >= 4 is 0 Å². The molecular formula is C26H18. The third-order valence-electron chi connectivity index (χ3n) is 4.36. The highest BCUT2D eigenvalue weighted by atomic mass is 14.1. The van der Waals surface area contributed by atoms with E-state index in [1.807, 2.05) is 24.3 Å². The molecule has 0 heterocycles. The lowest BCUT2D eigenvalue weighted by Gasteiger charge is -2.06. The third-order valence-corrected chi connectivity index (χ3v) is 4.36. The van der Waals surface area contributed by atoms with Gasteiger partial charge in [-0.25, -0.2) is 0 Å². The molecule has 0 unspecified atom stereocenters. The van der Waals surface area contributed by atoms with Gasteiger partial charge in [0.2, 0.25) is 0 Å². The van der Waals surface area contributed by atoms with Crippen LogP contribution in [0.4, 0.5) is 0 Å². The molecule has 0 fully saturated rings. The molecule has 0 heteroatoms. The zero-order valence-corrected chi connectivity index (χ0v) is 14.4. The van der Waals surface area contributed by atoms with E-state index in [2.05, 4.69) is 96.8 Å². The lowest BCUT2D eigenvalue weighted by Crippen LogP contribution is -1.86. The molecular weight excluding hydrogens is 312 g/mol. The van der Waals surface area contributed by atoms with Crippen LogP contribution >= 0.6 is 0 Å². The van der Waals surface area contributed by atoms with Crippen molar-refractivity contribution in [2.45, 2.75) is 0 Å². The highest BCUT2D eigenvalue weighted by Gasteiger charge is 2.03. The molecule has 4 rings (SSSR count). The molecule has 0 aromatic heterocycles. The van der Waals surface area contributed by atoms with Crippen molar-refractivity contribution in [3.05, 3.63) is 120 Å². The minimum atomic E-state index is 1.04. The summed E-state index contributed by atoms with van der Waals surface area (Å²) in [5, 5.41) is 0. The summed E-state index contributed by atoms with van der Waals surface area (Å²) in [5.41, 5.74) is 6.79. The van der Waals surface area contributed by atoms with Crippen LogP contribution in [0, 0.1) is 11.8 Å². The summed E-state index contributed by atoms with van der Waals surface area (Å²) in [6.07, 6.45) is 0. The van der Waals surface area contributed by atoms with Gasteiger partial charge in [-0.2, -0.15) is 0 Å². The molecule has 0 N–H and O–H groups in total. The molecule has 0 aliphatic rings. The Morgan fingerprint density at radius 3 is 1.12 bits per heavy atom. The number of benzene rings is 4. The molecule has 4 aromatic carbocycles. The minimum absolute atomic E-state index is 1.04. The summed E-state index contributed by atoms with van der Waals surface area (Å²) in [6.45, 7) is 0. The van der Waals surface area contributed by atoms with Gasteiger partial charge in [0.1, 0.15) is 0 Å². The topological polar surface area (TPSA) is 0 Å². The molecule has 0 nitrogen and oxygen atoms in total. The Morgan fingerprint density at radius 2 is 0.692 bits per heavy atom. The first-order chi connectivity index (χ1) is 12.9. The zero-order chi connectivity index (χ0) is 17.6. The van der Waals surface area contributed by atoms with Crippen LogP contribution in [0.25, 0.3) is 22.3 Å². The van der Waals surface area contributed by atoms with Crippen molar-refractivity contribution in [3.63, 3.8) is 0 Å². The van der Waals surface area contributed by atoms with Crippen molar-refractivity contribution in [1.82, 2.24) is 0 Å². The van der Waals surface area contributed by atoms with E-state index < -0.39 is 0 Å². The molecule has 26 heavy (non-hydrogen) atoms. The van der Waals surface area contributed by atoms with Crippen LogP contribution in [0.15, 0.2) is 109 Å². The fourth-order valence-corrected chi connectivity index (χ4v) is 3.06. The van der Waals surface area contributed by atoms with Crippen molar-refractivity contribution in [1.29, 1.82) is 0 Å². The molecule has 0 spiro atoms. The second-order valence-electron chi connectivity index (χ2n) is 6.07. The van der Waals surface area contributed by atoms with Gasteiger partial charge in [0.25, 0.3) is 0 Å². The normalized spacial score (nSPS) is 10.0. The van der Waals surface area contributed by atoms with E-state index in [0.717, 1.165) is 22.3 Å². The molecule has 0 radical (unpaired) electrons. The molecule has 0 bridgehead atoms. The average molecular weight is 330 g/mol. The average Bonchev–Trinajstić information content (AvgIpc) is 2.74. The van der Waals surface area contributed by atoms with Gasteiger partial charge in [0.15, 0.2) is 0 Å². The lowest BCUT2D eigenvalue weighted by molar-refractivity contribution is 1.57. The second kappa shape index (κ2) is 7.55. The van der Waals surface area contributed by atoms with E-state index >= 15 is 0 Å². The van der Waals surface area contributed by atoms with Gasteiger partial charge >= 0.3 is 0 Å². The van der Waals surface area contributed by atoms with Gasteiger partial charge in [0, 0.05) is 11.1 Å². The van der Waals surface area contributed by atoms with Crippen LogP contribution < -0.4 is 0 Å². The minimum Gasteiger partial charge on any atom is -0.0622 e. The van der Waals surface area contributed by atoms with E-state index in [9.17, 15) is 0 Å². The highest BCUT2D eigenvalue weighted by Crippen LogP contribution is 2.25. The smallest absolute Gasteiger partial charge is 0.0327 e. The third kappa shape index (κ3) is 3.43. The predicted octanol–water partition coefficient (Wildman–Crippen LogP) is 6.42. The van der Waals surface area contributed by atoms with Crippen LogP contribution in [0.5, 0.6) is 0 Å². The van der Waals surface area contributed by atoms with E-state index in [-0.39, 0.29) is 0 Å². The van der Waals surface area contributed by atoms with Gasteiger partial charge in [-0.05, 0) is 34.4 Å². The summed E-state index contributed by atoms with van der Waals surface area (Å²) in [7, 11) is 0. The summed E-state index contributed by atoms with van der Waals surface area (Å²) in [4.78, 5) is 0. The van der Waals surface area contributed by atoms with Crippen molar-refractivity contribution < 1.29 is 0 Å². The van der Waals surface area contributed by atoms with Crippen LogP contribution in [-0.4, -0.2) is 0 Å². The first kappa shape index (κ1) is 15.9. The maximum atomic E-state index is 3.39. The Kier molecular flexibility index (Phi) is 4.63. The molecule has 122 valence electrons. The first-order valence-electron chi connectivity index (χ1n) is 8.73. The maximum absolute atomic E-state index is 3.39. The van der Waals surface area contributed by atoms with Crippen molar-refractivity contribution in [3.8, 4) is 34.1 Å². The largest absolute Gasteiger partial charge is 0.0622 e. The van der Waals surface area contributed by atoms with Gasteiger partial charge in [-0.3, -0.25) is 0 Å². The van der Waals surface area contributed by atoms with Crippen LogP contribution in [-0.2, 0) is 0 Å². The van der Waals surface area contributed by atoms with Gasteiger partial charge in [0.05, 0.1) is 0 Å². The summed E-state index contributed by atoms with van der Waals surface area (Å²) in [5.74, 6) is 6.78. The maximum Gasteiger partial charge on any atom is 0.0327 e. The highest BCUT2D eigenvalue weighted by molar-refractivity contribution is 5.74. The van der Waals surface area contributed by atoms with Gasteiger partial charge in [-0.1, -0.05) is 109 Å². The molecule has 0 aliphatic heterocycles. The summed E-state index contributed by atoms with van der Waals surface area (Å²) in [6, 6.07) is 37.4. The van der Waals surface area contributed by atoms with Crippen molar-refractivity contribution in [2.75, 3.05) is 0 Å². The predicted molar refractivity (Wildman–Crippen MR) is 110 cm³/mol. The number of hydrogen-bond donors (Lipinski definition) is 0. The van der Waals surface area contributed by atoms with Crippen LogP contribution in [0.3, 0.4) is 0 Å². The lowest BCUT2D eigenvalue weighted by atomic mass is 9.98. The molecule has 4 aromatic rings. The quantitative estimate of drug-likeness (QED) is 0.372. The van der Waals surface area contributed by atoms with E-state index in [0.29, 0.717) is 0 Å². The zero-order valence-electron chi connectivity index (χ0n) is 14.4. The fraction of sp³-hybridized carbons (Fsp3) is 0. The van der Waals surface area contributed by atoms with E-state index in [1.165, 1.54) is 11.1 Å². The Morgan fingerprint density at radius 1 is 0.346 bits per heavy atom. The second-order valence-corrected chi connectivity index (χ2v) is 6.07. The van der Waals surface area contributed by atoms with Gasteiger partial charge < -0.3 is 0 Å². The fourth-order valence-electron chi connectivity index (χ4n) is 3.06. The summed E-state index contributed by atoms with van der Waals surface area (Å²) >= 11 is 0. The van der Waals surface area contributed by atoms with E-state index in [4.69, 9.17) is 0 Å². The Hall–Kier alpha value is -3.56. The molecule has 0 aliphatic carbocycles. The summed E-state index contributed by atoms with van der Waals surface area (Å²) < 4.78 is 0. The molecule has 0 saturated heterocycles. The van der Waals surface area contributed by atoms with Crippen LogP contribution in [0.1, 0.15) is 11.1 Å². The first-order valence-corrected chi connectivity index (χ1v) is 8.73. The molecule has 0 saturated carbocycles. The van der Waals surface area contributed by atoms with Crippen molar-refractivity contribution in [2.24, 2.45) is 0 Å².